The van der Waals surface area contributed by atoms with E-state index < -0.39 is 6.43 Å². The van der Waals surface area contributed by atoms with Gasteiger partial charge in [-0.3, -0.25) is 0 Å². The molecule has 1 fully saturated rings. The summed E-state index contributed by atoms with van der Waals surface area (Å²) in [6.07, 6.45) is -0.792. The van der Waals surface area contributed by atoms with Gasteiger partial charge in [0.25, 0.3) is 0 Å². The van der Waals surface area contributed by atoms with Crippen molar-refractivity contribution >= 4 is 0 Å². The van der Waals surface area contributed by atoms with E-state index in [9.17, 15) is 8.78 Å². The maximum absolute atomic E-state index is 11.2. The maximum atomic E-state index is 11.2. The van der Waals surface area contributed by atoms with Gasteiger partial charge in [-0.25, -0.2) is 8.78 Å². The van der Waals surface area contributed by atoms with E-state index in [0.29, 0.717) is 18.8 Å². The van der Waals surface area contributed by atoms with Crippen LogP contribution in [0.1, 0.15) is 12.8 Å². The summed E-state index contributed by atoms with van der Waals surface area (Å²) in [4.78, 5) is 0. The number of halogens is 2. The number of alkyl halides is 2. The maximum Gasteiger partial charge on any atom is 0.244 e. The molecular formula is C4H5F2. The largest absolute Gasteiger partial charge is 0.244 e. The number of hydrogen-bond acceptors (Lipinski definition) is 0. The first-order chi connectivity index (χ1) is 2.80. The first-order valence-corrected chi connectivity index (χ1v) is 1.93. The summed E-state index contributed by atoms with van der Waals surface area (Å²) in [6.45, 7) is 0. The molecule has 0 unspecified atom stereocenters. The van der Waals surface area contributed by atoms with Crippen LogP contribution < -0.4 is 0 Å². The van der Waals surface area contributed by atoms with Gasteiger partial charge in [-0.05, 0) is 12.8 Å². The van der Waals surface area contributed by atoms with E-state index in [4.69, 9.17) is 0 Å². The summed E-state index contributed by atoms with van der Waals surface area (Å²) in [5.41, 5.74) is 0. The Morgan fingerprint density at radius 1 is 1.33 bits per heavy atom. The van der Waals surface area contributed by atoms with Crippen LogP contribution >= 0.6 is 0 Å². The summed E-state index contributed by atoms with van der Waals surface area (Å²) in [5, 5.41) is 0. The molecule has 0 aromatic carbocycles. The first-order valence-electron chi connectivity index (χ1n) is 1.93. The van der Waals surface area contributed by atoms with Gasteiger partial charge in [0.2, 0.25) is 6.43 Å². The minimum absolute atomic E-state index is 0.426. The highest BCUT2D eigenvalue weighted by Gasteiger charge is 2.31. The zero-order valence-corrected chi connectivity index (χ0v) is 3.25. The fourth-order valence-corrected chi connectivity index (χ4v) is 0.290. The third-order valence-corrected chi connectivity index (χ3v) is 0.847. The van der Waals surface area contributed by atoms with Crippen molar-refractivity contribution in [1.29, 1.82) is 0 Å². The van der Waals surface area contributed by atoms with Crippen LogP contribution in [0.15, 0.2) is 0 Å². The zero-order chi connectivity index (χ0) is 4.57. The smallest absolute Gasteiger partial charge is 0.210 e. The van der Waals surface area contributed by atoms with E-state index >= 15 is 0 Å². The van der Waals surface area contributed by atoms with Crippen LogP contribution in [0.5, 0.6) is 0 Å². The lowest BCUT2D eigenvalue weighted by Gasteiger charge is -1.84. The van der Waals surface area contributed by atoms with Crippen molar-refractivity contribution < 1.29 is 8.78 Å². The van der Waals surface area contributed by atoms with Crippen molar-refractivity contribution in [2.24, 2.45) is 0 Å². The molecule has 0 bridgehead atoms. The second kappa shape index (κ2) is 1.17. The summed E-state index contributed by atoms with van der Waals surface area (Å²) in [6, 6.07) is 0. The quantitative estimate of drug-likeness (QED) is 0.460. The van der Waals surface area contributed by atoms with Gasteiger partial charge >= 0.3 is 0 Å². The van der Waals surface area contributed by atoms with E-state index in [1.165, 1.54) is 0 Å². The first kappa shape index (κ1) is 4.03. The summed E-state index contributed by atoms with van der Waals surface area (Å²) < 4.78 is 22.4. The van der Waals surface area contributed by atoms with Gasteiger partial charge in [-0.15, -0.1) is 0 Å². The molecule has 35 valence electrons. The van der Waals surface area contributed by atoms with Crippen molar-refractivity contribution in [1.82, 2.24) is 0 Å². The monoisotopic (exact) mass is 91.0 g/mol. The summed E-state index contributed by atoms with van der Waals surface area (Å²) in [7, 11) is 0. The zero-order valence-electron chi connectivity index (χ0n) is 3.25. The Morgan fingerprint density at radius 3 is 1.83 bits per heavy atom. The predicted octanol–water partition coefficient (Wildman–Crippen LogP) is 1.62. The van der Waals surface area contributed by atoms with Crippen molar-refractivity contribution in [2.45, 2.75) is 19.3 Å². The highest BCUT2D eigenvalue weighted by atomic mass is 19.3. The third kappa shape index (κ3) is 0.671. The Balaban J connectivity index is 2.13. The molecule has 1 saturated carbocycles. The molecule has 0 spiro atoms. The molecule has 0 saturated heterocycles. The van der Waals surface area contributed by atoms with Crippen molar-refractivity contribution in [3.05, 3.63) is 5.92 Å². The van der Waals surface area contributed by atoms with E-state index in [1.54, 1.807) is 0 Å². The number of hydrogen-bond donors (Lipinski definition) is 0. The molecule has 6 heavy (non-hydrogen) atoms. The summed E-state index contributed by atoms with van der Waals surface area (Å²) >= 11 is 0. The van der Waals surface area contributed by atoms with Crippen molar-refractivity contribution in [3.8, 4) is 0 Å². The van der Waals surface area contributed by atoms with Crippen LogP contribution in [0.2, 0.25) is 0 Å². The van der Waals surface area contributed by atoms with Crippen LogP contribution in [0, 0.1) is 5.92 Å². The molecule has 0 aliphatic heterocycles. The SMILES string of the molecule is FC(F)[C]1CC1. The van der Waals surface area contributed by atoms with Crippen LogP contribution in [-0.2, 0) is 0 Å². The molecule has 2 heteroatoms. The Bertz CT molecular complexity index is 47.5. The minimum atomic E-state index is -2.12. The van der Waals surface area contributed by atoms with E-state index in [0.717, 1.165) is 0 Å². The Labute approximate surface area is 35.2 Å². The molecule has 0 heterocycles. The van der Waals surface area contributed by atoms with Crippen LogP contribution in [-0.4, -0.2) is 6.43 Å². The lowest BCUT2D eigenvalue weighted by atomic mass is 10.5. The topological polar surface area (TPSA) is 0 Å². The van der Waals surface area contributed by atoms with Crippen LogP contribution in [0.3, 0.4) is 0 Å². The molecule has 1 aliphatic carbocycles. The second-order valence-corrected chi connectivity index (χ2v) is 1.46. The fourth-order valence-electron chi connectivity index (χ4n) is 0.290. The molecule has 0 nitrogen and oxygen atoms in total. The lowest BCUT2D eigenvalue weighted by molar-refractivity contribution is 0.178. The minimum Gasteiger partial charge on any atom is -0.210 e. The van der Waals surface area contributed by atoms with Gasteiger partial charge < -0.3 is 0 Å². The number of rotatable bonds is 1. The fraction of sp³-hybridized carbons (Fsp3) is 0.750. The molecule has 0 aromatic rings. The molecule has 0 aromatic heterocycles. The van der Waals surface area contributed by atoms with Gasteiger partial charge in [0, 0.05) is 5.92 Å². The predicted molar refractivity (Wildman–Crippen MR) is 18.5 cm³/mol. The van der Waals surface area contributed by atoms with Crippen molar-refractivity contribution in [3.63, 3.8) is 0 Å². The molecular weight excluding hydrogens is 86.0 g/mol. The average Bonchev–Trinajstić information content (AvgIpc) is 2.06. The van der Waals surface area contributed by atoms with Crippen molar-refractivity contribution in [2.75, 3.05) is 0 Å². The van der Waals surface area contributed by atoms with Gasteiger partial charge in [0.05, 0.1) is 0 Å². The Hall–Kier alpha value is -0.140. The van der Waals surface area contributed by atoms with Gasteiger partial charge in [0.15, 0.2) is 0 Å². The van der Waals surface area contributed by atoms with Crippen LogP contribution in [0.25, 0.3) is 0 Å². The average molecular weight is 91.1 g/mol. The van der Waals surface area contributed by atoms with Gasteiger partial charge in [0.1, 0.15) is 0 Å². The lowest BCUT2D eigenvalue weighted by Crippen LogP contribution is -1.86. The highest BCUT2D eigenvalue weighted by molar-refractivity contribution is 5.07. The normalized spacial score (nSPS) is 22.5. The molecule has 1 rings (SSSR count). The van der Waals surface area contributed by atoms with Gasteiger partial charge in [-0.2, -0.15) is 0 Å². The standard InChI is InChI=1S/C4H5F2/c5-4(6)3-1-2-3/h4H,1-2H2. The van der Waals surface area contributed by atoms with E-state index in [2.05, 4.69) is 0 Å². The van der Waals surface area contributed by atoms with Crippen LogP contribution in [0.4, 0.5) is 8.78 Å². The molecule has 0 atom stereocenters. The summed E-state index contributed by atoms with van der Waals surface area (Å²) in [5.74, 6) is 0.426. The Kier molecular flexibility index (Phi) is 0.787. The highest BCUT2D eigenvalue weighted by Crippen LogP contribution is 2.37. The second-order valence-electron chi connectivity index (χ2n) is 1.46. The molecule has 0 amide bonds. The van der Waals surface area contributed by atoms with E-state index in [-0.39, 0.29) is 0 Å². The molecule has 1 aliphatic rings. The molecule has 0 N–H and O–H groups in total. The van der Waals surface area contributed by atoms with Gasteiger partial charge in [-0.1, -0.05) is 0 Å². The Morgan fingerprint density at radius 2 is 1.83 bits per heavy atom. The van der Waals surface area contributed by atoms with E-state index in [1.807, 2.05) is 0 Å². The third-order valence-electron chi connectivity index (χ3n) is 0.847. The molecule has 1 radical (unpaired) electrons.